The number of benzene rings is 6. The summed E-state index contributed by atoms with van der Waals surface area (Å²) in [5, 5.41) is 83.8. The zero-order valence-corrected chi connectivity index (χ0v) is 69.5. The molecule has 3 aliphatic heterocycles. The molecule has 118 heavy (non-hydrogen) atoms. The van der Waals surface area contributed by atoms with Crippen LogP contribution in [0.2, 0.25) is 0 Å². The maximum atomic E-state index is 13.8. The van der Waals surface area contributed by atoms with Gasteiger partial charge in [-0.05, 0) is 134 Å². The molecule has 3 fully saturated rings. The number of para-hydroxylation sites is 3. The van der Waals surface area contributed by atoms with Crippen LogP contribution in [0.4, 0.5) is 0 Å². The molecule has 6 aromatic rings. The number of cyclic esters (lactones) is 1. The third kappa shape index (κ3) is 26.7. The van der Waals surface area contributed by atoms with Crippen LogP contribution in [0, 0.1) is 53.3 Å². The highest BCUT2D eigenvalue weighted by molar-refractivity contribution is 6.02. The highest BCUT2D eigenvalue weighted by Gasteiger charge is 2.44. The maximum Gasteiger partial charge on any atom is 0.312 e. The van der Waals surface area contributed by atoms with Gasteiger partial charge in [-0.1, -0.05) is 204 Å². The Morgan fingerprint density at radius 2 is 0.712 bits per heavy atom. The normalized spacial score (nSPS) is 26.6. The molecule has 3 heterocycles. The van der Waals surface area contributed by atoms with Gasteiger partial charge in [0.05, 0.1) is 83.0 Å². The van der Waals surface area contributed by atoms with Gasteiger partial charge in [-0.25, -0.2) is 0 Å². The summed E-state index contributed by atoms with van der Waals surface area (Å²) in [6, 6.07) is 38.1. The average Bonchev–Trinajstić information content (AvgIpc) is 0.825. The Morgan fingerprint density at radius 1 is 0.398 bits per heavy atom. The van der Waals surface area contributed by atoms with Gasteiger partial charge in [0.25, 0.3) is 17.7 Å². The number of carbonyl (C=O) groups is 12. The molecule has 13 N–H and O–H groups in total. The largest absolute Gasteiger partial charge is 0.507 e. The third-order valence-corrected chi connectivity index (χ3v) is 21.9. The van der Waals surface area contributed by atoms with Gasteiger partial charge in [0.1, 0.15) is 35.4 Å². The lowest BCUT2D eigenvalue weighted by Gasteiger charge is -2.37. The summed E-state index contributed by atoms with van der Waals surface area (Å²) in [7, 11) is 1.58. The fraction of sp³-hybridized carbons (Fsp3) is 0.473. The Hall–Kier alpha value is -11.2. The summed E-state index contributed by atoms with van der Waals surface area (Å²) in [5.41, 5.74) is 2.49. The standard InChI is InChI=1S/C31H41N3O6.C30H39N3O6.C30H38N2O7/c1-18(2)15-24-26(36)16-19(3)27(33-29(38)22-13-9-10-14-25(22)35)30(39)32-23(17-21-11-7-6-8-12-21)28(37)20(4)31(40)34(24)5;1-17(2)14-22-25(35)15-18(3)26(33-29(38)21-12-8-9-13-24(21)34)30(39)32-23(16-20-10-6-5-7-11-20)27(36)19(4)28(37)31-22;1-17(2)14-25-24(34)15-18(3)26(32-28(36)21-12-8-9-13-23(21)33)29(37)31-22(16-20-10-6-5-7-11-20)27(35)19(4)30(38)39-25/h6-14,18-20,23-24,27-28,35,37H,15-17H2,1-5H3,(H,32,39)(H,33,38);5-13,17-19,22-23,26-27,34,36H,14-16H2,1-4H3,(H,31,37)(H,32,39)(H,33,38);5-13,17-19,22,25-27,33,35H,14-16H2,1-4H3,(H,31,37)(H,32,36)/t19-,20+,23-,24?,27-,28-;18-,19+,22?,23-,26-,27-;18-,19+,22-,25?,26-,27-/m000/s1. The van der Waals surface area contributed by atoms with Crippen LogP contribution in [0.5, 0.6) is 17.2 Å². The molecule has 3 aliphatic rings. The molecular weight excluding hydrogens is 1510 g/mol. The number of Topliss-reactive ketones (excluding diaryl/α,β-unsaturated/α-hetero) is 3. The van der Waals surface area contributed by atoms with Crippen molar-refractivity contribution in [1.29, 1.82) is 0 Å². The van der Waals surface area contributed by atoms with Crippen LogP contribution in [-0.4, -0.2) is 186 Å². The van der Waals surface area contributed by atoms with Crippen LogP contribution < -0.4 is 37.2 Å². The first-order chi connectivity index (χ1) is 55.8. The van der Waals surface area contributed by atoms with E-state index in [1.165, 1.54) is 48.2 Å². The fourth-order valence-electron chi connectivity index (χ4n) is 14.8. The van der Waals surface area contributed by atoms with E-state index in [-0.39, 0.29) is 120 Å². The number of rotatable bonds is 18. The molecule has 3 unspecified atom stereocenters. The van der Waals surface area contributed by atoms with Crippen molar-refractivity contribution in [2.75, 3.05) is 7.05 Å². The van der Waals surface area contributed by atoms with Crippen molar-refractivity contribution in [2.45, 2.75) is 214 Å². The molecule has 27 heteroatoms. The topological polar surface area (TPSA) is 423 Å². The van der Waals surface area contributed by atoms with Crippen molar-refractivity contribution >= 4 is 70.6 Å². The van der Waals surface area contributed by atoms with Crippen LogP contribution in [-0.2, 0) is 67.2 Å². The minimum atomic E-state index is -1.33. The molecular formula is C91H118N8O19. The Kier molecular flexibility index (Phi) is 35.4. The lowest BCUT2D eigenvalue weighted by Crippen LogP contribution is -2.59. The first-order valence-corrected chi connectivity index (χ1v) is 40.5. The van der Waals surface area contributed by atoms with Crippen LogP contribution >= 0.6 is 0 Å². The van der Waals surface area contributed by atoms with E-state index in [1.807, 2.05) is 133 Å². The van der Waals surface area contributed by atoms with Crippen molar-refractivity contribution in [2.24, 2.45) is 53.3 Å². The Balaban J connectivity index is 0.000000244. The van der Waals surface area contributed by atoms with Crippen LogP contribution in [0.3, 0.4) is 0 Å². The molecule has 8 amide bonds. The zero-order chi connectivity index (χ0) is 86.9. The predicted octanol–water partition coefficient (Wildman–Crippen LogP) is 7.83. The number of nitrogens with zero attached hydrogens (tertiary/aromatic N) is 1. The molecule has 3 saturated heterocycles. The molecule has 27 nitrogen and oxygen atoms in total. The summed E-state index contributed by atoms with van der Waals surface area (Å²) in [5.74, 6) is -11.5. The van der Waals surface area contributed by atoms with E-state index in [0.717, 1.165) is 16.7 Å². The second-order valence-electron chi connectivity index (χ2n) is 32.9. The number of aliphatic hydroxyl groups excluding tert-OH is 3. The Bertz CT molecular complexity index is 4230. The average molecular weight is 1630 g/mol. The summed E-state index contributed by atoms with van der Waals surface area (Å²) >= 11 is 0. The first kappa shape index (κ1) is 94.0. The van der Waals surface area contributed by atoms with Gasteiger partial charge in [-0.3, -0.25) is 57.5 Å². The Labute approximate surface area is 690 Å². The van der Waals surface area contributed by atoms with Crippen LogP contribution in [0.1, 0.15) is 169 Å². The maximum absolute atomic E-state index is 13.8. The van der Waals surface area contributed by atoms with Crippen molar-refractivity contribution in [3.8, 4) is 17.2 Å². The number of aliphatic hydroxyl groups is 3. The molecule has 9 rings (SSSR count). The highest BCUT2D eigenvalue weighted by atomic mass is 16.5. The second-order valence-corrected chi connectivity index (χ2v) is 32.9. The van der Waals surface area contributed by atoms with Crippen LogP contribution in [0.25, 0.3) is 0 Å². The summed E-state index contributed by atoms with van der Waals surface area (Å²) in [4.78, 5) is 162. The van der Waals surface area contributed by atoms with Gasteiger partial charge >= 0.3 is 5.97 Å². The first-order valence-electron chi connectivity index (χ1n) is 40.5. The minimum Gasteiger partial charge on any atom is -0.507 e. The smallest absolute Gasteiger partial charge is 0.312 e. The number of ether oxygens (including phenoxy) is 1. The third-order valence-electron chi connectivity index (χ3n) is 21.9. The molecule has 0 saturated carbocycles. The van der Waals surface area contributed by atoms with Gasteiger partial charge in [0, 0.05) is 26.3 Å². The summed E-state index contributed by atoms with van der Waals surface area (Å²) < 4.78 is 5.62. The molecule has 0 bridgehead atoms. The van der Waals surface area contributed by atoms with Crippen molar-refractivity contribution < 1.29 is 92.9 Å². The van der Waals surface area contributed by atoms with Crippen LogP contribution in [0.15, 0.2) is 164 Å². The SMILES string of the molecule is CC(C)CC1C(=O)C[C@H](C)[C@H](NC(=O)c2ccccc2O)C(=O)N[C@@H](Cc2ccccc2)[C@@H](O)[C@@H](C)C(=O)N1C.CC(C)CC1NC(=O)[C@H](C)[C@H](O)[C@H](Cc2ccccc2)NC(=O)[C@@H](NC(=O)c2ccccc2O)[C@@H](C)CC1=O.CC(C)CC1OC(=O)[C@H](C)[C@H](O)[C@H](Cc2ccccc2)NC(=O)[C@@H](NC(=O)c2ccccc2O)[C@@H](C)CC1=O. The number of amides is 8. The second kappa shape index (κ2) is 44.4. The monoisotopic (exact) mass is 1630 g/mol. The number of phenolic OH excluding ortho intramolecular Hbond substituents is 3. The highest BCUT2D eigenvalue weighted by Crippen LogP contribution is 2.29. The number of carbonyl (C=O) groups excluding carboxylic acids is 12. The van der Waals surface area contributed by atoms with Gasteiger partial charge in [0.15, 0.2) is 23.5 Å². The number of aromatic hydroxyl groups is 3. The number of hydrogen-bond donors (Lipinski definition) is 13. The zero-order valence-electron chi connectivity index (χ0n) is 69.5. The number of likely N-dealkylation sites (N-methyl/N-ethyl adjacent to an activating group) is 1. The number of esters is 1. The van der Waals surface area contributed by atoms with Gasteiger partial charge in [-0.2, -0.15) is 0 Å². The molecule has 0 aliphatic carbocycles. The van der Waals surface area contributed by atoms with E-state index < -0.39 is 156 Å². The quantitative estimate of drug-likeness (QED) is 0.0364. The van der Waals surface area contributed by atoms with Gasteiger partial charge < -0.3 is 77.5 Å². The molecule has 18 atom stereocenters. The van der Waals surface area contributed by atoms with Gasteiger partial charge in [-0.15, -0.1) is 0 Å². The van der Waals surface area contributed by atoms with E-state index in [0.29, 0.717) is 12.8 Å². The lowest BCUT2D eigenvalue weighted by molar-refractivity contribution is -0.164. The van der Waals surface area contributed by atoms with E-state index in [9.17, 15) is 88.2 Å². The number of hydrogen-bond acceptors (Lipinski definition) is 19. The molecule has 0 aromatic heterocycles. The number of phenols is 3. The molecule has 0 radical (unpaired) electrons. The van der Waals surface area contributed by atoms with Crippen molar-refractivity contribution in [1.82, 2.24) is 42.1 Å². The van der Waals surface area contributed by atoms with Crippen molar-refractivity contribution in [3.05, 3.63) is 197 Å². The minimum absolute atomic E-state index is 0.00236. The number of nitrogens with one attached hydrogen (secondary N) is 7. The lowest BCUT2D eigenvalue weighted by atomic mass is 9.86. The number of ketones is 3. The van der Waals surface area contributed by atoms with Crippen molar-refractivity contribution in [3.63, 3.8) is 0 Å². The Morgan fingerprint density at radius 3 is 1.06 bits per heavy atom. The fourth-order valence-corrected chi connectivity index (χ4v) is 14.8. The summed E-state index contributed by atoms with van der Waals surface area (Å²) in [6.07, 6.45) is -3.36. The van der Waals surface area contributed by atoms with E-state index in [2.05, 4.69) is 37.2 Å². The van der Waals surface area contributed by atoms with E-state index >= 15 is 0 Å². The predicted molar refractivity (Wildman–Crippen MR) is 443 cm³/mol. The molecule has 6 aromatic carbocycles. The van der Waals surface area contributed by atoms with E-state index in [4.69, 9.17) is 4.74 Å². The molecule has 636 valence electrons. The van der Waals surface area contributed by atoms with Gasteiger partial charge in [0.2, 0.25) is 29.5 Å². The summed E-state index contributed by atoms with van der Waals surface area (Å²) in [6.45, 7) is 21.3. The van der Waals surface area contributed by atoms with E-state index in [1.54, 1.807) is 78.1 Å². The molecule has 0 spiro atoms.